The smallest absolute Gasteiger partial charge is 0.234 e. The number of thiazole rings is 1. The number of nitrogens with zero attached hydrogens (tertiary/aromatic N) is 1. The molecule has 0 unspecified atom stereocenters. The molecule has 2 aromatic rings. The molecule has 2 nitrogen and oxygen atoms in total. The number of carbonyl (C=O) groups is 1. The number of aryl methyl sites for hydroxylation is 1. The van der Waals surface area contributed by atoms with Crippen molar-refractivity contribution in [1.82, 2.24) is 0 Å². The highest BCUT2D eigenvalue weighted by molar-refractivity contribution is 7.09. The number of Topliss-reactive ketones (excluding diaryl/α,β-unsaturated/α-hetero) is 1. The highest BCUT2D eigenvalue weighted by Crippen LogP contribution is 2.03. The third kappa shape index (κ3) is 2.30. The van der Waals surface area contributed by atoms with Crippen LogP contribution in [0.1, 0.15) is 15.4 Å². The molecule has 0 saturated carbocycles. The van der Waals surface area contributed by atoms with Crippen molar-refractivity contribution in [3.63, 3.8) is 0 Å². The summed E-state index contributed by atoms with van der Waals surface area (Å²) in [6.45, 7) is 2.45. The van der Waals surface area contributed by atoms with Gasteiger partial charge in [0.2, 0.25) is 17.3 Å². The van der Waals surface area contributed by atoms with Gasteiger partial charge in [-0.05, 0) is 0 Å². The predicted molar refractivity (Wildman–Crippen MR) is 60.0 cm³/mol. The Hall–Kier alpha value is -1.48. The average molecular weight is 218 g/mol. The van der Waals surface area contributed by atoms with Crippen LogP contribution >= 0.6 is 11.3 Å². The maximum atomic E-state index is 11.8. The van der Waals surface area contributed by atoms with Crippen molar-refractivity contribution in [2.24, 2.45) is 0 Å². The van der Waals surface area contributed by atoms with E-state index in [2.05, 4.69) is 0 Å². The second-order valence-electron chi connectivity index (χ2n) is 3.34. The van der Waals surface area contributed by atoms with E-state index in [0.717, 1.165) is 10.6 Å². The minimum atomic E-state index is 0.155. The molecule has 0 aliphatic heterocycles. The Labute approximate surface area is 92.8 Å². The van der Waals surface area contributed by atoms with E-state index in [1.807, 2.05) is 53.4 Å². The quantitative estimate of drug-likeness (QED) is 0.571. The normalized spacial score (nSPS) is 10.2. The number of rotatable bonds is 3. The predicted octanol–water partition coefficient (Wildman–Crippen LogP) is 2.23. The zero-order chi connectivity index (χ0) is 10.7. The Kier molecular flexibility index (Phi) is 2.92. The van der Waals surface area contributed by atoms with Crippen molar-refractivity contribution in [2.45, 2.75) is 13.5 Å². The van der Waals surface area contributed by atoms with Crippen LogP contribution in [-0.2, 0) is 6.54 Å². The van der Waals surface area contributed by atoms with Gasteiger partial charge in [0.15, 0.2) is 6.20 Å². The van der Waals surface area contributed by atoms with Gasteiger partial charge in [-0.15, -0.1) is 0 Å². The van der Waals surface area contributed by atoms with Crippen LogP contribution in [0.4, 0.5) is 0 Å². The zero-order valence-electron chi connectivity index (χ0n) is 8.51. The summed E-state index contributed by atoms with van der Waals surface area (Å²) < 4.78 is 1.97. The molecular formula is C12H12NOS+. The maximum Gasteiger partial charge on any atom is 0.234 e. The van der Waals surface area contributed by atoms with Crippen molar-refractivity contribution in [2.75, 3.05) is 0 Å². The van der Waals surface area contributed by atoms with Crippen LogP contribution in [0.25, 0.3) is 0 Å². The Bertz CT molecular complexity index is 461. The molecule has 0 bridgehead atoms. The molecule has 76 valence electrons. The number of benzene rings is 1. The fourth-order valence-corrected chi connectivity index (χ4v) is 2.07. The third-order valence-corrected chi connectivity index (χ3v) is 3.13. The first-order valence-electron chi connectivity index (χ1n) is 4.79. The van der Waals surface area contributed by atoms with Crippen molar-refractivity contribution < 1.29 is 9.36 Å². The molecule has 3 heteroatoms. The standard InChI is InChI=1S/C12H12NOS/c1-10-13(7-8-15-10)9-12(14)11-5-3-2-4-6-11/h2-8H,9H2,1H3/q+1. The van der Waals surface area contributed by atoms with Gasteiger partial charge in [0.05, 0.1) is 5.38 Å². The molecule has 0 radical (unpaired) electrons. The number of hydrogen-bond donors (Lipinski definition) is 0. The molecule has 0 atom stereocenters. The molecule has 0 fully saturated rings. The minimum Gasteiger partial charge on any atom is -0.287 e. The molecule has 0 saturated heterocycles. The molecule has 0 aliphatic rings. The van der Waals surface area contributed by atoms with E-state index in [4.69, 9.17) is 0 Å². The second-order valence-corrected chi connectivity index (χ2v) is 4.44. The lowest BCUT2D eigenvalue weighted by Gasteiger charge is -1.96. The third-order valence-electron chi connectivity index (χ3n) is 2.29. The van der Waals surface area contributed by atoms with Crippen LogP contribution in [0.3, 0.4) is 0 Å². The second kappa shape index (κ2) is 4.36. The molecule has 2 rings (SSSR count). The maximum absolute atomic E-state index is 11.8. The van der Waals surface area contributed by atoms with Crippen LogP contribution < -0.4 is 4.57 Å². The fourth-order valence-electron chi connectivity index (χ4n) is 1.41. The molecule has 0 N–H and O–H groups in total. The summed E-state index contributed by atoms with van der Waals surface area (Å²) in [7, 11) is 0. The van der Waals surface area contributed by atoms with Gasteiger partial charge in [-0.25, -0.2) is 0 Å². The molecule has 0 aliphatic carbocycles. The van der Waals surface area contributed by atoms with Gasteiger partial charge in [-0.2, -0.15) is 4.57 Å². The van der Waals surface area contributed by atoms with Crippen LogP contribution in [0, 0.1) is 6.92 Å². The van der Waals surface area contributed by atoms with E-state index in [1.54, 1.807) is 11.3 Å². The van der Waals surface area contributed by atoms with Crippen molar-refractivity contribution in [1.29, 1.82) is 0 Å². The molecule has 1 heterocycles. The lowest BCUT2D eigenvalue weighted by molar-refractivity contribution is -0.684. The number of carbonyl (C=O) groups excluding carboxylic acids is 1. The van der Waals surface area contributed by atoms with Gasteiger partial charge >= 0.3 is 0 Å². The van der Waals surface area contributed by atoms with Crippen LogP contribution in [0.2, 0.25) is 0 Å². The Morgan fingerprint density at radius 2 is 2.07 bits per heavy atom. The van der Waals surface area contributed by atoms with Crippen LogP contribution in [-0.4, -0.2) is 5.78 Å². The highest BCUT2D eigenvalue weighted by Gasteiger charge is 2.14. The van der Waals surface area contributed by atoms with Gasteiger partial charge < -0.3 is 0 Å². The number of ketones is 1. The zero-order valence-corrected chi connectivity index (χ0v) is 9.33. The summed E-state index contributed by atoms with van der Waals surface area (Å²) in [5.41, 5.74) is 0.774. The lowest BCUT2D eigenvalue weighted by atomic mass is 10.1. The van der Waals surface area contributed by atoms with Crippen molar-refractivity contribution in [3.8, 4) is 0 Å². The van der Waals surface area contributed by atoms with E-state index < -0.39 is 0 Å². The van der Waals surface area contributed by atoms with Gasteiger partial charge in [0, 0.05) is 12.5 Å². The van der Waals surface area contributed by atoms with Gasteiger partial charge in [0.1, 0.15) is 0 Å². The summed E-state index contributed by atoms with van der Waals surface area (Å²) in [5.74, 6) is 0.155. The van der Waals surface area contributed by atoms with Gasteiger partial charge in [-0.1, -0.05) is 41.7 Å². The van der Waals surface area contributed by atoms with E-state index in [9.17, 15) is 4.79 Å². The summed E-state index contributed by atoms with van der Waals surface area (Å²) in [4.78, 5) is 11.8. The van der Waals surface area contributed by atoms with Crippen LogP contribution in [0.15, 0.2) is 41.9 Å². The van der Waals surface area contributed by atoms with E-state index in [1.165, 1.54) is 0 Å². The minimum absolute atomic E-state index is 0.155. The molecule has 0 amide bonds. The van der Waals surface area contributed by atoms with E-state index >= 15 is 0 Å². The lowest BCUT2D eigenvalue weighted by Crippen LogP contribution is -2.38. The molecule has 1 aromatic heterocycles. The summed E-state index contributed by atoms with van der Waals surface area (Å²) in [5, 5.41) is 3.15. The first-order chi connectivity index (χ1) is 7.27. The van der Waals surface area contributed by atoms with Gasteiger partial charge in [-0.3, -0.25) is 4.79 Å². The fraction of sp³-hybridized carbons (Fsp3) is 0.167. The molecular weight excluding hydrogens is 206 g/mol. The first-order valence-corrected chi connectivity index (χ1v) is 5.67. The SMILES string of the molecule is Cc1scc[n+]1CC(=O)c1ccccc1. The van der Waals surface area contributed by atoms with E-state index in [-0.39, 0.29) is 5.78 Å². The number of aromatic nitrogens is 1. The first kappa shape index (κ1) is 10.1. The Balaban J connectivity index is 2.15. The van der Waals surface area contributed by atoms with Crippen molar-refractivity contribution >= 4 is 17.1 Å². The monoisotopic (exact) mass is 218 g/mol. The Morgan fingerprint density at radius 1 is 1.33 bits per heavy atom. The molecule has 1 aromatic carbocycles. The van der Waals surface area contributed by atoms with Gasteiger partial charge in [0.25, 0.3) is 0 Å². The summed E-state index contributed by atoms with van der Waals surface area (Å²) in [6, 6.07) is 9.39. The molecule has 0 spiro atoms. The molecule has 15 heavy (non-hydrogen) atoms. The topological polar surface area (TPSA) is 20.9 Å². The summed E-state index contributed by atoms with van der Waals surface area (Å²) in [6.07, 6.45) is 1.95. The highest BCUT2D eigenvalue weighted by atomic mass is 32.1. The summed E-state index contributed by atoms with van der Waals surface area (Å²) >= 11 is 1.65. The Morgan fingerprint density at radius 3 is 2.67 bits per heavy atom. The average Bonchev–Trinajstić information content (AvgIpc) is 2.66. The number of hydrogen-bond acceptors (Lipinski definition) is 2. The largest absolute Gasteiger partial charge is 0.287 e. The van der Waals surface area contributed by atoms with Crippen LogP contribution in [0.5, 0.6) is 0 Å². The van der Waals surface area contributed by atoms with E-state index in [0.29, 0.717) is 6.54 Å². The van der Waals surface area contributed by atoms with Crippen molar-refractivity contribution in [3.05, 3.63) is 52.5 Å².